The number of benzene rings is 1. The Labute approximate surface area is 117 Å². The first-order chi connectivity index (χ1) is 9.78. The van der Waals surface area contributed by atoms with E-state index in [4.69, 9.17) is 15.7 Å². The second kappa shape index (κ2) is 5.35. The highest BCUT2D eigenvalue weighted by Gasteiger charge is 2.16. The van der Waals surface area contributed by atoms with Gasteiger partial charge in [0.05, 0.1) is 34.7 Å². The van der Waals surface area contributed by atoms with Crippen LogP contribution in [0.25, 0.3) is 10.9 Å². The third-order valence-corrected chi connectivity index (χ3v) is 3.60. The van der Waals surface area contributed by atoms with Gasteiger partial charge < -0.3 is 15.8 Å². The summed E-state index contributed by atoms with van der Waals surface area (Å²) in [6, 6.07) is 7.95. The highest BCUT2D eigenvalue weighted by molar-refractivity contribution is 5.97. The van der Waals surface area contributed by atoms with Gasteiger partial charge in [-0.25, -0.2) is 0 Å². The number of nitriles is 1. The van der Waals surface area contributed by atoms with Crippen molar-refractivity contribution in [2.24, 2.45) is 0 Å². The van der Waals surface area contributed by atoms with Crippen molar-refractivity contribution in [3.63, 3.8) is 0 Å². The zero-order valence-electron chi connectivity index (χ0n) is 11.1. The molecule has 1 aromatic carbocycles. The highest BCUT2D eigenvalue weighted by Crippen LogP contribution is 2.30. The molecule has 0 saturated carbocycles. The van der Waals surface area contributed by atoms with Crippen LogP contribution in [0, 0.1) is 11.3 Å². The van der Waals surface area contributed by atoms with Gasteiger partial charge in [-0.3, -0.25) is 4.98 Å². The van der Waals surface area contributed by atoms with Crippen molar-refractivity contribution in [1.82, 2.24) is 4.98 Å². The molecular weight excluding hydrogens is 252 g/mol. The Morgan fingerprint density at radius 1 is 1.35 bits per heavy atom. The first-order valence-electron chi connectivity index (χ1n) is 6.70. The second-order valence-corrected chi connectivity index (χ2v) is 4.96. The van der Waals surface area contributed by atoms with Crippen LogP contribution in [0.1, 0.15) is 18.4 Å². The molecule has 20 heavy (non-hydrogen) atoms. The third-order valence-electron chi connectivity index (χ3n) is 3.60. The number of nitrogens with one attached hydrogen (secondary N) is 1. The predicted octanol–water partition coefficient (Wildman–Crippen LogP) is 2.28. The number of rotatable bonds is 2. The van der Waals surface area contributed by atoms with E-state index in [2.05, 4.69) is 16.4 Å². The van der Waals surface area contributed by atoms with Crippen molar-refractivity contribution in [3.05, 3.63) is 30.0 Å². The minimum atomic E-state index is 0.349. The molecule has 102 valence electrons. The Morgan fingerprint density at radius 2 is 2.15 bits per heavy atom. The fourth-order valence-electron chi connectivity index (χ4n) is 2.48. The fourth-order valence-corrected chi connectivity index (χ4v) is 2.48. The van der Waals surface area contributed by atoms with Gasteiger partial charge in [-0.05, 0) is 31.0 Å². The monoisotopic (exact) mass is 268 g/mol. The summed E-state index contributed by atoms with van der Waals surface area (Å²) in [5.41, 5.74) is 8.99. The molecule has 0 atom stereocenters. The van der Waals surface area contributed by atoms with Gasteiger partial charge in [0.15, 0.2) is 0 Å². The zero-order valence-corrected chi connectivity index (χ0v) is 11.1. The smallest absolute Gasteiger partial charge is 0.0991 e. The van der Waals surface area contributed by atoms with Crippen LogP contribution >= 0.6 is 0 Å². The van der Waals surface area contributed by atoms with E-state index in [-0.39, 0.29) is 0 Å². The number of hydrogen-bond acceptors (Lipinski definition) is 5. The van der Waals surface area contributed by atoms with Gasteiger partial charge >= 0.3 is 0 Å². The molecule has 0 amide bonds. The average Bonchev–Trinajstić information content (AvgIpc) is 2.51. The number of fused-ring (bicyclic) bond motifs is 1. The minimum absolute atomic E-state index is 0.349. The van der Waals surface area contributed by atoms with E-state index in [1.807, 2.05) is 12.1 Å². The SMILES string of the molecule is N#Cc1ccc2ncc(N)c(NC3CCOCC3)c2c1. The van der Waals surface area contributed by atoms with Crippen LogP contribution in [0.3, 0.4) is 0 Å². The fraction of sp³-hybridized carbons (Fsp3) is 0.333. The van der Waals surface area contributed by atoms with E-state index in [9.17, 15) is 0 Å². The molecule has 1 aromatic heterocycles. The van der Waals surface area contributed by atoms with Gasteiger partial charge in [-0.15, -0.1) is 0 Å². The normalized spacial score (nSPS) is 15.9. The number of nitrogen functional groups attached to an aromatic ring is 1. The number of hydrogen-bond donors (Lipinski definition) is 2. The Kier molecular flexibility index (Phi) is 3.40. The molecule has 0 aliphatic carbocycles. The number of anilines is 2. The van der Waals surface area contributed by atoms with Gasteiger partial charge in [-0.1, -0.05) is 0 Å². The van der Waals surface area contributed by atoms with E-state index in [0.29, 0.717) is 17.3 Å². The molecule has 2 aromatic rings. The molecule has 1 aliphatic heterocycles. The maximum Gasteiger partial charge on any atom is 0.0991 e. The third kappa shape index (κ3) is 2.38. The Hall–Kier alpha value is -2.32. The molecule has 0 spiro atoms. The molecule has 1 fully saturated rings. The molecule has 0 unspecified atom stereocenters. The lowest BCUT2D eigenvalue weighted by Crippen LogP contribution is -2.28. The summed E-state index contributed by atoms with van der Waals surface area (Å²) in [6.45, 7) is 1.54. The van der Waals surface area contributed by atoms with Crippen molar-refractivity contribution < 1.29 is 4.74 Å². The lowest BCUT2D eigenvalue weighted by atomic mass is 10.1. The highest BCUT2D eigenvalue weighted by atomic mass is 16.5. The maximum absolute atomic E-state index is 9.04. The number of pyridine rings is 1. The summed E-state index contributed by atoms with van der Waals surface area (Å²) >= 11 is 0. The maximum atomic E-state index is 9.04. The Bertz CT molecular complexity index is 671. The van der Waals surface area contributed by atoms with E-state index < -0.39 is 0 Å². The van der Waals surface area contributed by atoms with Crippen LogP contribution in [0.2, 0.25) is 0 Å². The van der Waals surface area contributed by atoms with E-state index >= 15 is 0 Å². The summed E-state index contributed by atoms with van der Waals surface area (Å²) < 4.78 is 5.36. The number of nitrogens with two attached hydrogens (primary N) is 1. The van der Waals surface area contributed by atoms with Gasteiger partial charge in [0.25, 0.3) is 0 Å². The van der Waals surface area contributed by atoms with Crippen LogP contribution in [-0.4, -0.2) is 24.2 Å². The van der Waals surface area contributed by atoms with E-state index in [1.165, 1.54) is 0 Å². The summed E-state index contributed by atoms with van der Waals surface area (Å²) in [5, 5.41) is 13.4. The van der Waals surface area contributed by atoms with Gasteiger partial charge in [0, 0.05) is 24.6 Å². The molecule has 0 bridgehead atoms. The standard InChI is InChI=1S/C15H16N4O/c16-8-10-1-2-14-12(7-10)15(13(17)9-18-14)19-11-3-5-20-6-4-11/h1-2,7,9,11H,3-6,17H2,(H,18,19). The molecule has 3 rings (SSSR count). The van der Waals surface area contributed by atoms with Crippen molar-refractivity contribution in [3.8, 4) is 6.07 Å². The van der Waals surface area contributed by atoms with Gasteiger partial charge in [0.2, 0.25) is 0 Å². The van der Waals surface area contributed by atoms with Crippen molar-refractivity contribution in [2.45, 2.75) is 18.9 Å². The number of nitrogens with zero attached hydrogens (tertiary/aromatic N) is 2. The second-order valence-electron chi connectivity index (χ2n) is 4.96. The van der Waals surface area contributed by atoms with Crippen LogP contribution in [-0.2, 0) is 4.74 Å². The van der Waals surface area contributed by atoms with Gasteiger partial charge in [0.1, 0.15) is 0 Å². The van der Waals surface area contributed by atoms with Gasteiger partial charge in [-0.2, -0.15) is 5.26 Å². The summed E-state index contributed by atoms with van der Waals surface area (Å²) in [5.74, 6) is 0. The molecule has 2 heterocycles. The molecule has 5 nitrogen and oxygen atoms in total. The predicted molar refractivity (Wildman–Crippen MR) is 78.3 cm³/mol. The number of aromatic nitrogens is 1. The summed E-state index contributed by atoms with van der Waals surface area (Å²) in [7, 11) is 0. The molecule has 0 radical (unpaired) electrons. The molecule has 1 aliphatic rings. The Morgan fingerprint density at radius 3 is 2.90 bits per heavy atom. The van der Waals surface area contributed by atoms with Crippen LogP contribution < -0.4 is 11.1 Å². The van der Waals surface area contributed by atoms with E-state index in [1.54, 1.807) is 12.3 Å². The lowest BCUT2D eigenvalue weighted by molar-refractivity contribution is 0.0905. The largest absolute Gasteiger partial charge is 0.396 e. The molecular formula is C15H16N4O. The van der Waals surface area contributed by atoms with Crippen LogP contribution in [0.15, 0.2) is 24.4 Å². The average molecular weight is 268 g/mol. The molecule has 5 heteroatoms. The quantitative estimate of drug-likeness (QED) is 0.873. The molecule has 1 saturated heterocycles. The first-order valence-corrected chi connectivity index (χ1v) is 6.70. The lowest BCUT2D eigenvalue weighted by Gasteiger charge is -2.25. The topological polar surface area (TPSA) is 84.0 Å². The summed E-state index contributed by atoms with van der Waals surface area (Å²) in [4.78, 5) is 4.31. The first kappa shape index (κ1) is 12.7. The number of ether oxygens (including phenoxy) is 1. The van der Waals surface area contributed by atoms with Crippen LogP contribution in [0.5, 0.6) is 0 Å². The summed E-state index contributed by atoms with van der Waals surface area (Å²) in [6.07, 6.45) is 3.58. The van der Waals surface area contributed by atoms with Crippen molar-refractivity contribution >= 4 is 22.3 Å². The molecule has 3 N–H and O–H groups in total. The minimum Gasteiger partial charge on any atom is -0.396 e. The van der Waals surface area contributed by atoms with Crippen LogP contribution in [0.4, 0.5) is 11.4 Å². The zero-order chi connectivity index (χ0) is 13.9. The van der Waals surface area contributed by atoms with E-state index in [0.717, 1.165) is 42.6 Å². The van der Waals surface area contributed by atoms with Crippen molar-refractivity contribution in [2.75, 3.05) is 24.3 Å². The van der Waals surface area contributed by atoms with Crippen molar-refractivity contribution in [1.29, 1.82) is 5.26 Å². The Balaban J connectivity index is 2.03.